The van der Waals surface area contributed by atoms with E-state index in [1.807, 2.05) is 25.8 Å². The van der Waals surface area contributed by atoms with E-state index in [0.717, 1.165) is 32.5 Å². The number of likely N-dealkylation sites (tertiary alicyclic amines) is 1. The van der Waals surface area contributed by atoms with Crippen LogP contribution in [0.4, 0.5) is 0 Å². The SMILES string of the molecule is CCC1CN(CC(=O)N(C)C(C)C)CCC1CN. The van der Waals surface area contributed by atoms with Gasteiger partial charge in [0.15, 0.2) is 0 Å². The maximum absolute atomic E-state index is 12.1. The summed E-state index contributed by atoms with van der Waals surface area (Å²) in [6.45, 7) is 9.69. The molecule has 2 unspecified atom stereocenters. The quantitative estimate of drug-likeness (QED) is 0.802. The second-order valence-electron chi connectivity index (χ2n) is 5.79. The van der Waals surface area contributed by atoms with Crippen molar-refractivity contribution in [2.45, 2.75) is 39.7 Å². The summed E-state index contributed by atoms with van der Waals surface area (Å²) in [7, 11) is 1.89. The normalized spacial score (nSPS) is 25.4. The second-order valence-corrected chi connectivity index (χ2v) is 5.79. The minimum atomic E-state index is 0.228. The number of rotatable bonds is 5. The molecule has 0 aromatic rings. The molecule has 18 heavy (non-hydrogen) atoms. The van der Waals surface area contributed by atoms with Crippen molar-refractivity contribution in [2.24, 2.45) is 17.6 Å². The Morgan fingerprint density at radius 1 is 1.44 bits per heavy atom. The molecule has 2 N–H and O–H groups in total. The van der Waals surface area contributed by atoms with Crippen molar-refractivity contribution in [1.29, 1.82) is 0 Å². The highest BCUT2D eigenvalue weighted by Crippen LogP contribution is 2.25. The van der Waals surface area contributed by atoms with E-state index in [2.05, 4.69) is 11.8 Å². The van der Waals surface area contributed by atoms with Crippen LogP contribution in [0.2, 0.25) is 0 Å². The van der Waals surface area contributed by atoms with Gasteiger partial charge >= 0.3 is 0 Å². The number of hydrogen-bond donors (Lipinski definition) is 1. The fraction of sp³-hybridized carbons (Fsp3) is 0.929. The smallest absolute Gasteiger partial charge is 0.236 e. The van der Waals surface area contributed by atoms with Crippen LogP contribution < -0.4 is 5.73 Å². The molecule has 1 amide bonds. The Labute approximate surface area is 111 Å². The Morgan fingerprint density at radius 3 is 2.61 bits per heavy atom. The molecule has 0 radical (unpaired) electrons. The maximum Gasteiger partial charge on any atom is 0.236 e. The third-order valence-corrected chi connectivity index (χ3v) is 4.33. The van der Waals surface area contributed by atoms with E-state index in [9.17, 15) is 4.79 Å². The maximum atomic E-state index is 12.1. The lowest BCUT2D eigenvalue weighted by atomic mass is 9.84. The lowest BCUT2D eigenvalue weighted by Crippen LogP contribution is -2.48. The Hall–Kier alpha value is -0.610. The topological polar surface area (TPSA) is 49.6 Å². The number of nitrogens with two attached hydrogens (primary N) is 1. The van der Waals surface area contributed by atoms with Gasteiger partial charge in [-0.1, -0.05) is 13.3 Å². The highest BCUT2D eigenvalue weighted by atomic mass is 16.2. The lowest BCUT2D eigenvalue weighted by molar-refractivity contribution is -0.133. The highest BCUT2D eigenvalue weighted by molar-refractivity contribution is 5.78. The molecule has 2 atom stereocenters. The van der Waals surface area contributed by atoms with Gasteiger partial charge in [-0.15, -0.1) is 0 Å². The number of carbonyl (C=O) groups is 1. The number of likely N-dealkylation sites (N-methyl/N-ethyl adjacent to an activating group) is 1. The molecule has 1 heterocycles. The van der Waals surface area contributed by atoms with Gasteiger partial charge in [-0.25, -0.2) is 0 Å². The molecule has 0 aliphatic carbocycles. The van der Waals surface area contributed by atoms with Crippen LogP contribution in [0.5, 0.6) is 0 Å². The van der Waals surface area contributed by atoms with E-state index < -0.39 is 0 Å². The predicted molar refractivity (Wildman–Crippen MR) is 75.3 cm³/mol. The summed E-state index contributed by atoms with van der Waals surface area (Å²) in [6, 6.07) is 0.279. The van der Waals surface area contributed by atoms with Gasteiger partial charge in [-0.05, 0) is 45.2 Å². The van der Waals surface area contributed by atoms with Gasteiger partial charge in [0.05, 0.1) is 6.54 Å². The Balaban J connectivity index is 2.47. The molecule has 0 bridgehead atoms. The molecule has 4 nitrogen and oxygen atoms in total. The molecule has 4 heteroatoms. The zero-order valence-electron chi connectivity index (χ0n) is 12.4. The molecule has 1 fully saturated rings. The fourth-order valence-corrected chi connectivity index (χ4v) is 2.66. The molecule has 0 spiro atoms. The first-order valence-corrected chi connectivity index (χ1v) is 7.17. The minimum absolute atomic E-state index is 0.228. The van der Waals surface area contributed by atoms with Crippen LogP contribution in [0.1, 0.15) is 33.6 Å². The molecular formula is C14H29N3O. The standard InChI is InChI=1S/C14H29N3O/c1-5-12-9-17(7-6-13(12)8-15)10-14(18)16(4)11(2)3/h11-13H,5-10,15H2,1-4H3. The largest absolute Gasteiger partial charge is 0.342 e. The first-order valence-electron chi connectivity index (χ1n) is 7.17. The van der Waals surface area contributed by atoms with Gasteiger partial charge in [-0.3, -0.25) is 9.69 Å². The zero-order valence-corrected chi connectivity index (χ0v) is 12.4. The van der Waals surface area contributed by atoms with Crippen molar-refractivity contribution >= 4 is 5.91 Å². The zero-order chi connectivity index (χ0) is 13.7. The highest BCUT2D eigenvalue weighted by Gasteiger charge is 2.28. The van der Waals surface area contributed by atoms with E-state index in [1.54, 1.807) is 0 Å². The van der Waals surface area contributed by atoms with Crippen LogP contribution in [-0.2, 0) is 4.79 Å². The fourth-order valence-electron chi connectivity index (χ4n) is 2.66. The summed E-state index contributed by atoms with van der Waals surface area (Å²) < 4.78 is 0. The van der Waals surface area contributed by atoms with Crippen LogP contribution in [0.3, 0.4) is 0 Å². The number of carbonyl (C=O) groups excluding carboxylic acids is 1. The van der Waals surface area contributed by atoms with Crippen LogP contribution >= 0.6 is 0 Å². The lowest BCUT2D eigenvalue weighted by Gasteiger charge is -2.38. The van der Waals surface area contributed by atoms with E-state index in [4.69, 9.17) is 5.73 Å². The Bertz CT molecular complexity index is 268. The molecule has 106 valence electrons. The van der Waals surface area contributed by atoms with Gasteiger partial charge in [0.25, 0.3) is 0 Å². The van der Waals surface area contributed by atoms with Crippen LogP contribution in [-0.4, -0.2) is 55.0 Å². The van der Waals surface area contributed by atoms with Crippen LogP contribution in [0.15, 0.2) is 0 Å². The molecular weight excluding hydrogens is 226 g/mol. The molecule has 1 rings (SSSR count). The van der Waals surface area contributed by atoms with Gasteiger partial charge in [0, 0.05) is 19.6 Å². The third kappa shape index (κ3) is 3.95. The molecule has 0 aromatic carbocycles. The first kappa shape index (κ1) is 15.4. The Kier molecular flexibility index (Phi) is 6.09. The number of amides is 1. The monoisotopic (exact) mass is 255 g/mol. The number of hydrogen-bond acceptors (Lipinski definition) is 3. The van der Waals surface area contributed by atoms with Crippen molar-refractivity contribution < 1.29 is 4.79 Å². The third-order valence-electron chi connectivity index (χ3n) is 4.33. The molecule has 1 aliphatic heterocycles. The second kappa shape index (κ2) is 7.10. The van der Waals surface area contributed by atoms with Crippen molar-refractivity contribution in [3.05, 3.63) is 0 Å². The summed E-state index contributed by atoms with van der Waals surface area (Å²) in [5.74, 6) is 1.52. The number of nitrogens with zero attached hydrogens (tertiary/aromatic N) is 2. The van der Waals surface area contributed by atoms with Crippen molar-refractivity contribution in [2.75, 3.05) is 33.2 Å². The van der Waals surface area contributed by atoms with E-state index in [1.165, 1.54) is 0 Å². The summed E-state index contributed by atoms with van der Waals surface area (Å²) in [6.07, 6.45) is 2.29. The summed E-state index contributed by atoms with van der Waals surface area (Å²) in [5.41, 5.74) is 5.81. The molecule has 1 aliphatic rings. The average Bonchev–Trinajstić information content (AvgIpc) is 2.37. The van der Waals surface area contributed by atoms with Crippen LogP contribution in [0, 0.1) is 11.8 Å². The molecule has 0 saturated carbocycles. The minimum Gasteiger partial charge on any atom is -0.342 e. The van der Waals surface area contributed by atoms with E-state index >= 15 is 0 Å². The van der Waals surface area contributed by atoms with Crippen molar-refractivity contribution in [3.8, 4) is 0 Å². The summed E-state index contributed by atoms with van der Waals surface area (Å²) in [4.78, 5) is 16.2. The van der Waals surface area contributed by atoms with Gasteiger partial charge in [0.2, 0.25) is 5.91 Å². The van der Waals surface area contributed by atoms with E-state index in [-0.39, 0.29) is 11.9 Å². The molecule has 1 saturated heterocycles. The number of piperidine rings is 1. The summed E-state index contributed by atoms with van der Waals surface area (Å²) in [5, 5.41) is 0. The van der Waals surface area contributed by atoms with Gasteiger partial charge in [-0.2, -0.15) is 0 Å². The van der Waals surface area contributed by atoms with Gasteiger partial charge < -0.3 is 10.6 Å². The first-order chi connectivity index (χ1) is 8.49. The van der Waals surface area contributed by atoms with Crippen molar-refractivity contribution in [1.82, 2.24) is 9.80 Å². The summed E-state index contributed by atoms with van der Waals surface area (Å²) >= 11 is 0. The van der Waals surface area contributed by atoms with Crippen LogP contribution in [0.25, 0.3) is 0 Å². The molecule has 0 aromatic heterocycles. The van der Waals surface area contributed by atoms with E-state index in [0.29, 0.717) is 18.4 Å². The Morgan fingerprint density at radius 2 is 2.11 bits per heavy atom. The van der Waals surface area contributed by atoms with Gasteiger partial charge in [0.1, 0.15) is 0 Å². The average molecular weight is 255 g/mol. The van der Waals surface area contributed by atoms with Crippen molar-refractivity contribution in [3.63, 3.8) is 0 Å². The predicted octanol–water partition coefficient (Wildman–Crippen LogP) is 1.16.